The van der Waals surface area contributed by atoms with Crippen molar-refractivity contribution in [1.82, 2.24) is 5.32 Å². The quantitative estimate of drug-likeness (QED) is 0.825. The summed E-state index contributed by atoms with van der Waals surface area (Å²) in [5, 5.41) is 14.6. The number of rotatable bonds is 3. The molecule has 3 atom stereocenters. The fourth-order valence-electron chi connectivity index (χ4n) is 5.58. The first kappa shape index (κ1) is 14.8. The Hall–Kier alpha value is -0.0800. The van der Waals surface area contributed by atoms with Crippen molar-refractivity contribution < 1.29 is 5.11 Å². The van der Waals surface area contributed by atoms with Gasteiger partial charge >= 0.3 is 0 Å². The number of fused-ring (bicyclic) bond motifs is 2. The predicted molar refractivity (Wildman–Crippen MR) is 83.6 cm³/mol. The number of hydrogen-bond acceptors (Lipinski definition) is 2. The third-order valence-electron chi connectivity index (χ3n) is 7.11. The van der Waals surface area contributed by atoms with Gasteiger partial charge in [-0.25, -0.2) is 0 Å². The zero-order valence-corrected chi connectivity index (χ0v) is 13.8. The maximum Gasteiger partial charge on any atom is 0.0771 e. The Bertz CT molecular complexity index is 365. The lowest BCUT2D eigenvalue weighted by molar-refractivity contribution is -0.0182. The molecular formula is C18H33NO. The zero-order valence-electron chi connectivity index (χ0n) is 13.8. The summed E-state index contributed by atoms with van der Waals surface area (Å²) in [6, 6.07) is 0.581. The van der Waals surface area contributed by atoms with Gasteiger partial charge in [-0.15, -0.1) is 0 Å². The van der Waals surface area contributed by atoms with Crippen LogP contribution in [0.3, 0.4) is 0 Å². The molecule has 3 rings (SSSR count). The average Bonchev–Trinajstić information content (AvgIpc) is 2.84. The van der Waals surface area contributed by atoms with E-state index in [1.807, 2.05) is 0 Å². The van der Waals surface area contributed by atoms with Gasteiger partial charge in [0.2, 0.25) is 0 Å². The van der Waals surface area contributed by atoms with Gasteiger partial charge < -0.3 is 10.4 Å². The van der Waals surface area contributed by atoms with Gasteiger partial charge in [-0.2, -0.15) is 0 Å². The minimum Gasteiger partial charge on any atom is -0.389 e. The van der Waals surface area contributed by atoms with Crippen molar-refractivity contribution in [2.24, 2.45) is 22.7 Å². The highest BCUT2D eigenvalue weighted by Crippen LogP contribution is 2.62. The molecule has 20 heavy (non-hydrogen) atoms. The molecule has 3 aliphatic carbocycles. The Morgan fingerprint density at radius 2 is 1.70 bits per heavy atom. The Morgan fingerprint density at radius 1 is 1.05 bits per heavy atom. The fraction of sp³-hybridized carbons (Fsp3) is 1.00. The van der Waals surface area contributed by atoms with Crippen molar-refractivity contribution >= 4 is 0 Å². The average molecular weight is 279 g/mol. The smallest absolute Gasteiger partial charge is 0.0771 e. The van der Waals surface area contributed by atoms with E-state index in [0.717, 1.165) is 31.2 Å². The van der Waals surface area contributed by atoms with Crippen LogP contribution in [0.1, 0.15) is 72.6 Å². The molecule has 0 aliphatic heterocycles. The lowest BCUT2D eigenvalue weighted by Crippen LogP contribution is -2.55. The van der Waals surface area contributed by atoms with Crippen LogP contribution in [0.15, 0.2) is 0 Å². The van der Waals surface area contributed by atoms with Gasteiger partial charge in [0.25, 0.3) is 0 Å². The molecule has 2 N–H and O–H groups in total. The minimum absolute atomic E-state index is 0.394. The normalized spacial score (nSPS) is 50.5. The van der Waals surface area contributed by atoms with E-state index < -0.39 is 5.60 Å². The van der Waals surface area contributed by atoms with Gasteiger partial charge in [0.15, 0.2) is 0 Å². The van der Waals surface area contributed by atoms with E-state index in [2.05, 4.69) is 33.0 Å². The van der Waals surface area contributed by atoms with Gasteiger partial charge in [-0.1, -0.05) is 27.7 Å². The van der Waals surface area contributed by atoms with Crippen LogP contribution in [0.5, 0.6) is 0 Å². The third kappa shape index (κ3) is 2.33. The van der Waals surface area contributed by atoms with E-state index in [1.54, 1.807) is 0 Å². The first-order valence-electron chi connectivity index (χ1n) is 8.71. The summed E-state index contributed by atoms with van der Waals surface area (Å²) in [4.78, 5) is 0. The monoisotopic (exact) mass is 279 g/mol. The van der Waals surface area contributed by atoms with Crippen LogP contribution in [-0.2, 0) is 0 Å². The van der Waals surface area contributed by atoms with E-state index in [9.17, 15) is 5.11 Å². The second-order valence-corrected chi connectivity index (χ2v) is 9.14. The van der Waals surface area contributed by atoms with Gasteiger partial charge in [0, 0.05) is 12.6 Å². The third-order valence-corrected chi connectivity index (χ3v) is 7.11. The van der Waals surface area contributed by atoms with Gasteiger partial charge in [-0.3, -0.25) is 0 Å². The number of hydrogen-bond donors (Lipinski definition) is 2. The molecule has 0 aromatic rings. The second-order valence-electron chi connectivity index (χ2n) is 9.14. The summed E-state index contributed by atoms with van der Waals surface area (Å²) < 4.78 is 0. The zero-order chi connectivity index (χ0) is 14.6. The topological polar surface area (TPSA) is 32.3 Å². The molecule has 3 fully saturated rings. The molecule has 3 saturated carbocycles. The Kier molecular flexibility index (Phi) is 3.49. The molecule has 3 unspecified atom stereocenters. The molecule has 2 bridgehead atoms. The van der Waals surface area contributed by atoms with Crippen LogP contribution in [0.2, 0.25) is 0 Å². The molecule has 0 spiro atoms. The van der Waals surface area contributed by atoms with Gasteiger partial charge in [0.05, 0.1) is 5.60 Å². The van der Waals surface area contributed by atoms with Crippen LogP contribution in [0.25, 0.3) is 0 Å². The SMILES string of the molecule is CC1CCC(O)(CNC2C3(C)CCC(C3)C2(C)C)CC1. The standard InChI is InChI=1S/C18H33NO/c1-13-5-9-18(20,10-6-13)12-19-15-16(2,3)14-7-8-17(15,4)11-14/h13-15,19-20H,5-12H2,1-4H3. The summed E-state index contributed by atoms with van der Waals surface area (Å²) in [5.41, 5.74) is 0.415. The largest absolute Gasteiger partial charge is 0.389 e. The van der Waals surface area contributed by atoms with E-state index in [0.29, 0.717) is 16.9 Å². The summed E-state index contributed by atoms with van der Waals surface area (Å²) in [5.74, 6) is 1.68. The van der Waals surface area contributed by atoms with Crippen LogP contribution in [0.4, 0.5) is 0 Å². The lowest BCUT2D eigenvalue weighted by atomic mass is 9.68. The Balaban J connectivity index is 1.63. The fourth-order valence-corrected chi connectivity index (χ4v) is 5.58. The predicted octanol–water partition coefficient (Wildman–Crippen LogP) is 3.73. The highest BCUT2D eigenvalue weighted by molar-refractivity contribution is 5.12. The summed E-state index contributed by atoms with van der Waals surface area (Å²) >= 11 is 0. The first-order valence-corrected chi connectivity index (χ1v) is 8.71. The van der Waals surface area contributed by atoms with Gasteiger partial charge in [0.1, 0.15) is 0 Å². The van der Waals surface area contributed by atoms with E-state index in [1.165, 1.54) is 32.1 Å². The van der Waals surface area contributed by atoms with Crippen molar-refractivity contribution in [2.75, 3.05) is 6.54 Å². The number of nitrogens with one attached hydrogen (secondary N) is 1. The molecule has 0 heterocycles. The van der Waals surface area contributed by atoms with E-state index >= 15 is 0 Å². The molecule has 3 aliphatic rings. The Morgan fingerprint density at radius 3 is 2.25 bits per heavy atom. The molecule has 2 heteroatoms. The molecule has 0 aromatic carbocycles. The molecule has 0 saturated heterocycles. The van der Waals surface area contributed by atoms with E-state index in [4.69, 9.17) is 0 Å². The number of aliphatic hydroxyl groups is 1. The molecule has 0 radical (unpaired) electrons. The van der Waals surface area contributed by atoms with Crippen molar-refractivity contribution in [1.29, 1.82) is 0 Å². The van der Waals surface area contributed by atoms with Crippen LogP contribution in [0, 0.1) is 22.7 Å². The molecular weight excluding hydrogens is 246 g/mol. The lowest BCUT2D eigenvalue weighted by Gasteiger charge is -2.45. The molecule has 116 valence electrons. The summed E-state index contributed by atoms with van der Waals surface area (Å²) in [7, 11) is 0. The molecule has 0 amide bonds. The van der Waals surface area contributed by atoms with Crippen molar-refractivity contribution in [2.45, 2.75) is 84.3 Å². The van der Waals surface area contributed by atoms with Crippen molar-refractivity contribution in [3.8, 4) is 0 Å². The second kappa shape index (κ2) is 4.71. The van der Waals surface area contributed by atoms with Crippen LogP contribution < -0.4 is 5.32 Å². The highest BCUT2D eigenvalue weighted by Gasteiger charge is 2.59. The molecule has 0 aromatic heterocycles. The summed E-state index contributed by atoms with van der Waals surface area (Å²) in [6.07, 6.45) is 8.49. The van der Waals surface area contributed by atoms with Crippen molar-refractivity contribution in [3.63, 3.8) is 0 Å². The first-order chi connectivity index (χ1) is 9.25. The van der Waals surface area contributed by atoms with E-state index in [-0.39, 0.29) is 0 Å². The molecule has 2 nitrogen and oxygen atoms in total. The van der Waals surface area contributed by atoms with Crippen molar-refractivity contribution in [3.05, 3.63) is 0 Å². The Labute approximate surface area is 124 Å². The maximum atomic E-state index is 10.8. The minimum atomic E-state index is -0.444. The van der Waals surface area contributed by atoms with Crippen LogP contribution in [-0.4, -0.2) is 23.3 Å². The summed E-state index contributed by atoms with van der Waals surface area (Å²) in [6.45, 7) is 10.5. The van der Waals surface area contributed by atoms with Gasteiger partial charge in [-0.05, 0) is 67.6 Å². The maximum absolute atomic E-state index is 10.8. The van der Waals surface area contributed by atoms with Crippen LogP contribution >= 0.6 is 0 Å². The highest BCUT2D eigenvalue weighted by atomic mass is 16.3.